The molecule has 1 aliphatic heterocycles. The Morgan fingerprint density at radius 1 is 1.15 bits per heavy atom. The third-order valence-electron chi connectivity index (χ3n) is 6.75. The fourth-order valence-corrected chi connectivity index (χ4v) is 4.96. The quantitative estimate of drug-likeness (QED) is 0.546. The highest BCUT2D eigenvalue weighted by Gasteiger charge is 2.25. The fourth-order valence-electron chi connectivity index (χ4n) is 4.96. The average Bonchev–Trinajstić information content (AvgIpc) is 3.51. The number of carboxylic acid groups (broad SMARTS) is 1. The molecule has 0 aromatic carbocycles. The molecule has 34 heavy (non-hydrogen) atoms. The number of hydrogen-bond acceptors (Lipinski definition) is 8. The molecule has 0 spiro atoms. The first-order valence-corrected chi connectivity index (χ1v) is 11.8. The van der Waals surface area contributed by atoms with Crippen LogP contribution in [0.2, 0.25) is 0 Å². The summed E-state index contributed by atoms with van der Waals surface area (Å²) in [6.45, 7) is 4.52. The first kappa shape index (κ1) is 22.1. The van der Waals surface area contributed by atoms with Crippen molar-refractivity contribution in [3.63, 3.8) is 0 Å². The van der Waals surface area contributed by atoms with Crippen LogP contribution in [0.1, 0.15) is 48.6 Å². The number of pyridine rings is 1. The first-order chi connectivity index (χ1) is 16.6. The molecule has 10 heteroatoms. The summed E-state index contributed by atoms with van der Waals surface area (Å²) in [7, 11) is 0. The van der Waals surface area contributed by atoms with Crippen LogP contribution in [0.25, 0.3) is 11.0 Å². The predicted molar refractivity (Wildman–Crippen MR) is 128 cm³/mol. The van der Waals surface area contributed by atoms with Gasteiger partial charge in [-0.2, -0.15) is 10.2 Å². The number of carbonyl (C=O) groups is 1. The van der Waals surface area contributed by atoms with Crippen molar-refractivity contribution in [1.82, 2.24) is 24.4 Å². The topological polar surface area (TPSA) is 123 Å². The molecular weight excluding hydrogens is 432 g/mol. The number of anilines is 3. The summed E-state index contributed by atoms with van der Waals surface area (Å²) in [5, 5.41) is 22.4. The molecule has 3 aromatic rings. The second-order valence-electron chi connectivity index (χ2n) is 8.88. The molecule has 4 heterocycles. The highest BCUT2D eigenvalue weighted by Crippen LogP contribution is 2.34. The summed E-state index contributed by atoms with van der Waals surface area (Å²) >= 11 is 0. The highest BCUT2D eigenvalue weighted by molar-refractivity contribution is 5.93. The Kier molecular flexibility index (Phi) is 6.27. The Balaban J connectivity index is 1.30. The van der Waals surface area contributed by atoms with Crippen LogP contribution in [0, 0.1) is 11.3 Å². The zero-order valence-corrected chi connectivity index (χ0v) is 19.0. The van der Waals surface area contributed by atoms with Crippen LogP contribution in [0.15, 0.2) is 30.6 Å². The number of hydrogen-bond donors (Lipinski definition) is 2. The van der Waals surface area contributed by atoms with E-state index in [1.165, 1.54) is 0 Å². The Bertz CT molecular complexity index is 1200. The molecule has 176 valence electrons. The number of nitriles is 1. The summed E-state index contributed by atoms with van der Waals surface area (Å²) in [5.74, 6) is 0.0869. The van der Waals surface area contributed by atoms with Crippen LogP contribution in [0.5, 0.6) is 0 Å². The number of nitrogens with zero attached hydrogens (tertiary/aromatic N) is 7. The molecule has 0 bridgehead atoms. The molecule has 0 radical (unpaired) electrons. The Morgan fingerprint density at radius 3 is 2.62 bits per heavy atom. The van der Waals surface area contributed by atoms with Crippen LogP contribution < -0.4 is 10.2 Å². The molecule has 2 N–H and O–H groups in total. The average molecular weight is 461 g/mol. The van der Waals surface area contributed by atoms with Gasteiger partial charge in [0.15, 0.2) is 0 Å². The number of carboxylic acids is 1. The minimum Gasteiger partial charge on any atom is -0.477 e. The molecule has 0 amide bonds. The van der Waals surface area contributed by atoms with Crippen molar-refractivity contribution in [2.75, 3.05) is 42.9 Å². The van der Waals surface area contributed by atoms with Gasteiger partial charge >= 0.3 is 5.97 Å². The number of piperazine rings is 1. The lowest BCUT2D eigenvalue weighted by Gasteiger charge is -2.35. The van der Waals surface area contributed by atoms with E-state index in [0.717, 1.165) is 69.5 Å². The lowest BCUT2D eigenvalue weighted by Crippen LogP contribution is -2.46. The van der Waals surface area contributed by atoms with E-state index in [2.05, 4.69) is 36.1 Å². The third kappa shape index (κ3) is 4.52. The second kappa shape index (κ2) is 9.65. The summed E-state index contributed by atoms with van der Waals surface area (Å²) in [6.07, 6.45) is 8.21. The lowest BCUT2D eigenvalue weighted by molar-refractivity contribution is 0.0683. The van der Waals surface area contributed by atoms with Crippen LogP contribution >= 0.6 is 0 Å². The van der Waals surface area contributed by atoms with Gasteiger partial charge in [0.2, 0.25) is 5.95 Å². The predicted octanol–water partition coefficient (Wildman–Crippen LogP) is 3.42. The van der Waals surface area contributed by atoms with E-state index in [-0.39, 0.29) is 11.7 Å². The number of rotatable bonds is 7. The van der Waals surface area contributed by atoms with Crippen molar-refractivity contribution in [2.45, 2.75) is 38.1 Å². The van der Waals surface area contributed by atoms with Gasteiger partial charge in [-0.25, -0.2) is 14.8 Å². The lowest BCUT2D eigenvalue weighted by atomic mass is 10.2. The van der Waals surface area contributed by atoms with E-state index in [1.54, 1.807) is 12.3 Å². The van der Waals surface area contributed by atoms with Crippen LogP contribution in [0.4, 0.5) is 17.5 Å². The van der Waals surface area contributed by atoms with Gasteiger partial charge in [0, 0.05) is 56.8 Å². The molecule has 10 nitrogen and oxygen atoms in total. The van der Waals surface area contributed by atoms with Crippen molar-refractivity contribution >= 4 is 34.5 Å². The maximum Gasteiger partial charge on any atom is 0.352 e. The van der Waals surface area contributed by atoms with E-state index in [1.807, 2.05) is 22.9 Å². The van der Waals surface area contributed by atoms with Gasteiger partial charge in [0.25, 0.3) is 0 Å². The number of fused-ring (bicyclic) bond motifs is 1. The van der Waals surface area contributed by atoms with E-state index in [0.29, 0.717) is 23.8 Å². The van der Waals surface area contributed by atoms with Gasteiger partial charge in [-0.05, 0) is 31.0 Å². The minimum absolute atomic E-state index is 0.157. The zero-order valence-electron chi connectivity index (χ0n) is 19.0. The monoisotopic (exact) mass is 460 g/mol. The largest absolute Gasteiger partial charge is 0.477 e. The molecule has 1 saturated carbocycles. The highest BCUT2D eigenvalue weighted by atomic mass is 16.4. The molecule has 1 aliphatic carbocycles. The molecular formula is C24H28N8O2. The van der Waals surface area contributed by atoms with Crippen molar-refractivity contribution in [1.29, 1.82) is 5.26 Å². The molecule has 3 aromatic heterocycles. The van der Waals surface area contributed by atoms with Crippen molar-refractivity contribution < 1.29 is 9.90 Å². The molecule has 1 saturated heterocycles. The Hall–Kier alpha value is -3.71. The summed E-state index contributed by atoms with van der Waals surface area (Å²) in [4.78, 5) is 30.0. The van der Waals surface area contributed by atoms with Gasteiger partial charge in [-0.15, -0.1) is 0 Å². The normalized spacial score (nSPS) is 17.2. The van der Waals surface area contributed by atoms with Gasteiger partial charge in [-0.3, -0.25) is 4.90 Å². The van der Waals surface area contributed by atoms with Gasteiger partial charge in [0.1, 0.15) is 17.2 Å². The van der Waals surface area contributed by atoms with E-state index in [9.17, 15) is 9.90 Å². The van der Waals surface area contributed by atoms with Gasteiger partial charge < -0.3 is 19.9 Å². The molecule has 5 rings (SSSR count). The molecule has 0 atom stereocenters. The molecule has 2 aliphatic rings. The maximum atomic E-state index is 11.8. The zero-order chi connectivity index (χ0) is 23.5. The summed E-state index contributed by atoms with van der Waals surface area (Å²) < 4.78 is 1.87. The number of aromatic nitrogens is 4. The second-order valence-corrected chi connectivity index (χ2v) is 8.88. The summed E-state index contributed by atoms with van der Waals surface area (Å²) in [5.41, 5.74) is 1.97. The Morgan fingerprint density at radius 2 is 1.94 bits per heavy atom. The number of aromatic carboxylic acids is 1. The SMILES string of the molecule is N#CCCN1CCN(c2ccc(Nc3ncc4cc(C(=O)O)n(C5CCCC5)c4n3)nc2)CC1. The van der Waals surface area contributed by atoms with Gasteiger partial charge in [-0.1, -0.05) is 12.8 Å². The van der Waals surface area contributed by atoms with E-state index < -0.39 is 5.97 Å². The Labute approximate surface area is 197 Å². The smallest absolute Gasteiger partial charge is 0.352 e. The molecule has 2 fully saturated rings. The van der Waals surface area contributed by atoms with Crippen molar-refractivity contribution in [3.8, 4) is 6.07 Å². The van der Waals surface area contributed by atoms with Crippen LogP contribution in [0.3, 0.4) is 0 Å². The summed E-state index contributed by atoms with van der Waals surface area (Å²) in [6, 6.07) is 7.96. The van der Waals surface area contributed by atoms with Crippen LogP contribution in [-0.4, -0.2) is 68.2 Å². The first-order valence-electron chi connectivity index (χ1n) is 11.8. The molecule has 0 unspecified atom stereocenters. The van der Waals surface area contributed by atoms with E-state index in [4.69, 9.17) is 5.26 Å². The van der Waals surface area contributed by atoms with E-state index >= 15 is 0 Å². The van der Waals surface area contributed by atoms with Gasteiger partial charge in [0.05, 0.1) is 18.0 Å². The number of nitrogens with one attached hydrogen (secondary N) is 1. The maximum absolute atomic E-state index is 11.8. The minimum atomic E-state index is -0.942. The van der Waals surface area contributed by atoms with Crippen molar-refractivity contribution in [2.24, 2.45) is 0 Å². The third-order valence-corrected chi connectivity index (χ3v) is 6.75. The fraction of sp³-hybridized carbons (Fsp3) is 0.458. The van der Waals surface area contributed by atoms with Crippen LogP contribution in [-0.2, 0) is 0 Å². The van der Waals surface area contributed by atoms with Crippen molar-refractivity contribution in [3.05, 3.63) is 36.3 Å². The standard InChI is InChI=1S/C24H28N8O2/c25-8-3-9-30-10-12-31(13-11-30)19-6-7-21(26-16-19)28-24-27-15-17-14-20(23(33)34)32(22(17)29-24)18-4-1-2-5-18/h6-7,14-16,18H,1-5,9-13H2,(H,33,34)(H,26,27,28,29).